The third kappa shape index (κ3) is 6.95. The summed E-state index contributed by atoms with van der Waals surface area (Å²) in [4.78, 5) is 9.40. The quantitative estimate of drug-likeness (QED) is 0.275. The Balaban J connectivity index is 2.07. The molecule has 0 spiro atoms. The van der Waals surface area contributed by atoms with Crippen LogP contribution in [0.2, 0.25) is 5.02 Å². The van der Waals surface area contributed by atoms with Gasteiger partial charge < -0.3 is 21.4 Å². The SMILES string of the molecule is CNSc1ccccc1CNc1nc(N/C(C=N)=C/NCC(F)F)ncc1Cl. The van der Waals surface area contributed by atoms with E-state index in [0.29, 0.717) is 17.4 Å². The number of rotatable bonds is 11. The highest BCUT2D eigenvalue weighted by molar-refractivity contribution is 7.97. The maximum absolute atomic E-state index is 12.2. The lowest BCUT2D eigenvalue weighted by atomic mass is 10.2. The molecule has 0 fully saturated rings. The molecule has 28 heavy (non-hydrogen) atoms. The molecule has 0 aliphatic heterocycles. The fourth-order valence-corrected chi connectivity index (χ4v) is 2.89. The van der Waals surface area contributed by atoms with Gasteiger partial charge >= 0.3 is 0 Å². The number of nitrogens with zero attached hydrogens (tertiary/aromatic N) is 2. The van der Waals surface area contributed by atoms with Gasteiger partial charge in [-0.3, -0.25) is 4.72 Å². The molecule has 1 heterocycles. The number of anilines is 2. The summed E-state index contributed by atoms with van der Waals surface area (Å²) in [5.41, 5.74) is 1.28. The number of alkyl halides is 2. The predicted octanol–water partition coefficient (Wildman–Crippen LogP) is 3.73. The Labute approximate surface area is 171 Å². The Kier molecular flexibility index (Phi) is 8.92. The van der Waals surface area contributed by atoms with E-state index in [1.54, 1.807) is 0 Å². The van der Waals surface area contributed by atoms with Gasteiger partial charge in [-0.2, -0.15) is 4.98 Å². The lowest BCUT2D eigenvalue weighted by molar-refractivity contribution is 0.150. The van der Waals surface area contributed by atoms with Crippen molar-refractivity contribution in [1.29, 1.82) is 5.41 Å². The van der Waals surface area contributed by atoms with Gasteiger partial charge in [0.25, 0.3) is 6.43 Å². The van der Waals surface area contributed by atoms with Gasteiger partial charge in [-0.1, -0.05) is 29.8 Å². The lowest BCUT2D eigenvalue weighted by Gasteiger charge is -2.12. The van der Waals surface area contributed by atoms with Gasteiger partial charge in [-0.25, -0.2) is 13.8 Å². The van der Waals surface area contributed by atoms with Gasteiger partial charge in [-0.15, -0.1) is 0 Å². The first-order chi connectivity index (χ1) is 13.5. The van der Waals surface area contributed by atoms with E-state index in [4.69, 9.17) is 17.0 Å². The minimum atomic E-state index is -2.49. The number of benzene rings is 1. The third-order valence-corrected chi connectivity index (χ3v) is 4.42. The number of hydrogen-bond acceptors (Lipinski definition) is 8. The normalized spacial score (nSPS) is 11.4. The second-order valence-corrected chi connectivity index (χ2v) is 6.79. The molecule has 0 bridgehead atoms. The first-order valence-electron chi connectivity index (χ1n) is 8.20. The molecule has 150 valence electrons. The van der Waals surface area contributed by atoms with Gasteiger partial charge in [-0.05, 0) is 30.6 Å². The van der Waals surface area contributed by atoms with Crippen molar-refractivity contribution in [2.75, 3.05) is 24.2 Å². The Morgan fingerprint density at radius 3 is 2.86 bits per heavy atom. The van der Waals surface area contributed by atoms with Crippen LogP contribution in [-0.2, 0) is 6.54 Å². The molecule has 1 aromatic carbocycles. The molecular weight excluding hydrogens is 408 g/mol. The van der Waals surface area contributed by atoms with Gasteiger partial charge in [0, 0.05) is 23.9 Å². The van der Waals surface area contributed by atoms with E-state index in [1.165, 1.54) is 24.3 Å². The van der Waals surface area contributed by atoms with Gasteiger partial charge in [0.15, 0.2) is 5.82 Å². The van der Waals surface area contributed by atoms with Crippen LogP contribution in [0, 0.1) is 5.41 Å². The van der Waals surface area contributed by atoms with E-state index in [2.05, 4.69) is 30.6 Å². The van der Waals surface area contributed by atoms with Crippen molar-refractivity contribution in [3.8, 4) is 0 Å². The first kappa shape index (κ1) is 21.9. The largest absolute Gasteiger partial charge is 0.383 e. The smallest absolute Gasteiger partial charge is 0.255 e. The molecule has 0 unspecified atom stereocenters. The highest BCUT2D eigenvalue weighted by Gasteiger charge is 2.08. The van der Waals surface area contributed by atoms with Crippen LogP contribution in [0.15, 0.2) is 47.3 Å². The van der Waals surface area contributed by atoms with Crippen molar-refractivity contribution in [2.24, 2.45) is 0 Å². The zero-order chi connectivity index (χ0) is 20.4. The summed E-state index contributed by atoms with van der Waals surface area (Å²) in [7, 11) is 1.85. The van der Waals surface area contributed by atoms with Crippen LogP contribution in [-0.4, -0.2) is 36.2 Å². The summed E-state index contributed by atoms with van der Waals surface area (Å²) < 4.78 is 27.4. The van der Waals surface area contributed by atoms with Gasteiger partial charge in [0.2, 0.25) is 5.95 Å². The van der Waals surface area contributed by atoms with Crippen molar-refractivity contribution in [3.05, 3.63) is 52.9 Å². The van der Waals surface area contributed by atoms with Crippen molar-refractivity contribution < 1.29 is 8.78 Å². The minimum Gasteiger partial charge on any atom is -0.383 e. The standard InChI is InChI=1S/C17H20ClF2N7S/c1-22-28-14-5-3-2-4-11(14)7-24-16-13(18)9-25-17(27-16)26-12(6-21)8-23-10-15(19)20/h2-6,8-9,15,21-23H,7,10H2,1H3,(H2,24,25,26,27)/b12-8+,21-6?. The average Bonchev–Trinajstić information content (AvgIpc) is 2.68. The van der Waals surface area contributed by atoms with Crippen molar-refractivity contribution >= 4 is 41.5 Å². The van der Waals surface area contributed by atoms with Crippen molar-refractivity contribution in [3.63, 3.8) is 0 Å². The molecule has 7 nitrogen and oxygen atoms in total. The molecule has 0 aliphatic carbocycles. The van der Waals surface area contributed by atoms with Crippen LogP contribution in [0.5, 0.6) is 0 Å². The van der Waals surface area contributed by atoms with Crippen LogP contribution >= 0.6 is 23.5 Å². The second kappa shape index (κ2) is 11.4. The molecule has 0 atom stereocenters. The third-order valence-electron chi connectivity index (χ3n) is 3.32. The summed E-state index contributed by atoms with van der Waals surface area (Å²) in [6, 6.07) is 7.89. The topological polar surface area (TPSA) is 97.8 Å². The maximum Gasteiger partial charge on any atom is 0.255 e. The second-order valence-electron chi connectivity index (χ2n) is 5.33. The van der Waals surface area contributed by atoms with Crippen LogP contribution in [0.25, 0.3) is 0 Å². The fourth-order valence-electron chi connectivity index (χ4n) is 2.09. The number of aromatic nitrogens is 2. The van der Waals surface area contributed by atoms with Crippen LogP contribution in [0.4, 0.5) is 20.5 Å². The minimum absolute atomic E-state index is 0.179. The molecule has 11 heteroatoms. The Bertz CT molecular complexity index is 820. The molecule has 2 rings (SSSR count). The van der Waals surface area contributed by atoms with E-state index in [1.807, 2.05) is 31.3 Å². The van der Waals surface area contributed by atoms with Crippen molar-refractivity contribution in [1.82, 2.24) is 20.0 Å². The molecule has 0 radical (unpaired) electrons. The lowest BCUT2D eigenvalue weighted by Crippen LogP contribution is -2.18. The Morgan fingerprint density at radius 1 is 1.36 bits per heavy atom. The van der Waals surface area contributed by atoms with Gasteiger partial charge in [0.1, 0.15) is 5.02 Å². The number of nitrogens with one attached hydrogen (secondary N) is 5. The van der Waals surface area contributed by atoms with E-state index < -0.39 is 13.0 Å². The molecule has 0 amide bonds. The highest BCUT2D eigenvalue weighted by atomic mass is 35.5. The van der Waals surface area contributed by atoms with Crippen LogP contribution in [0.3, 0.4) is 0 Å². The zero-order valence-electron chi connectivity index (χ0n) is 15.0. The number of hydrogen-bond donors (Lipinski definition) is 5. The molecule has 0 saturated carbocycles. The first-order valence-corrected chi connectivity index (χ1v) is 9.40. The predicted molar refractivity (Wildman–Crippen MR) is 110 cm³/mol. The van der Waals surface area contributed by atoms with E-state index in [9.17, 15) is 8.78 Å². The number of allylic oxidation sites excluding steroid dienone is 1. The van der Waals surface area contributed by atoms with Crippen LogP contribution < -0.4 is 20.7 Å². The summed E-state index contributed by atoms with van der Waals surface area (Å²) in [5, 5.41) is 16.0. The van der Waals surface area contributed by atoms with Gasteiger partial charge in [0.05, 0.1) is 18.4 Å². The molecule has 2 aromatic rings. The highest BCUT2D eigenvalue weighted by Crippen LogP contribution is 2.23. The zero-order valence-corrected chi connectivity index (χ0v) is 16.5. The summed E-state index contributed by atoms with van der Waals surface area (Å²) >= 11 is 7.67. The van der Waals surface area contributed by atoms with Crippen molar-refractivity contribution in [2.45, 2.75) is 17.9 Å². The Hall–Kier alpha value is -2.43. The van der Waals surface area contributed by atoms with E-state index >= 15 is 0 Å². The average molecular weight is 428 g/mol. The molecule has 0 aliphatic rings. The molecular formula is C17H20ClF2N7S. The fraction of sp³-hybridized carbons (Fsp3) is 0.235. The van der Waals surface area contributed by atoms with E-state index in [-0.39, 0.29) is 11.6 Å². The summed E-state index contributed by atoms with van der Waals surface area (Å²) in [6.07, 6.45) is 1.15. The van der Waals surface area contributed by atoms with E-state index in [0.717, 1.165) is 16.7 Å². The summed E-state index contributed by atoms with van der Waals surface area (Å²) in [6.45, 7) is -0.0262. The molecule has 5 N–H and O–H groups in total. The van der Waals surface area contributed by atoms with Crippen LogP contribution in [0.1, 0.15) is 5.56 Å². The Morgan fingerprint density at radius 2 is 2.14 bits per heavy atom. The maximum atomic E-state index is 12.2. The summed E-state index contributed by atoms with van der Waals surface area (Å²) in [5.74, 6) is 0.590. The molecule has 1 aromatic heterocycles. The monoisotopic (exact) mass is 427 g/mol. The number of halogens is 3. The molecule has 0 saturated heterocycles.